The molecule has 1 N–H and O–H groups in total. The first kappa shape index (κ1) is 23.2. The molecule has 0 spiro atoms. The maximum atomic E-state index is 12.6. The smallest absolute Gasteiger partial charge is 0.444 e. The van der Waals surface area contributed by atoms with Crippen molar-refractivity contribution < 1.29 is 18.8 Å². The number of carbonyl (C=O) groups excluding carboxylic acids is 1. The van der Waals surface area contributed by atoms with Crippen LogP contribution in [0.15, 0.2) is 30.5 Å². The molecular weight excluding hydrogens is 425 g/mol. The van der Waals surface area contributed by atoms with Crippen LogP contribution < -0.4 is 5.46 Å². The van der Waals surface area contributed by atoms with Gasteiger partial charge in [0.05, 0.1) is 29.0 Å². The minimum absolute atomic E-state index is 0.132. The molecule has 4 rings (SSSR count). The molecule has 3 heterocycles. The Morgan fingerprint density at radius 3 is 2.41 bits per heavy atom. The van der Waals surface area contributed by atoms with E-state index in [1.165, 1.54) is 0 Å². The third-order valence-electron chi connectivity index (χ3n) is 6.17. The molecule has 2 aliphatic rings. The zero-order valence-corrected chi connectivity index (χ0v) is 20.7. The highest BCUT2D eigenvalue weighted by Gasteiger charge is 2.51. The quantitative estimate of drug-likeness (QED) is 0.691. The van der Waals surface area contributed by atoms with Crippen molar-refractivity contribution >= 4 is 30.4 Å². The first-order valence-corrected chi connectivity index (χ1v) is 12.1. The summed E-state index contributed by atoms with van der Waals surface area (Å²) >= 11 is 1.70. The minimum Gasteiger partial charge on any atom is -0.444 e. The third-order valence-corrected chi connectivity index (χ3v) is 7.18. The van der Waals surface area contributed by atoms with Crippen molar-refractivity contribution in [1.29, 1.82) is 0 Å². The molecule has 2 saturated heterocycles. The van der Waals surface area contributed by atoms with Crippen molar-refractivity contribution in [2.45, 2.75) is 71.3 Å². The van der Waals surface area contributed by atoms with E-state index < -0.39 is 5.60 Å². The van der Waals surface area contributed by atoms with Crippen LogP contribution in [0.3, 0.4) is 0 Å². The fraction of sp³-hybridized carbons (Fsp3) is 0.565. The largest absolute Gasteiger partial charge is 0.494 e. The van der Waals surface area contributed by atoms with E-state index in [-0.39, 0.29) is 30.5 Å². The summed E-state index contributed by atoms with van der Waals surface area (Å²) in [5.41, 5.74) is 1.64. The molecule has 2 aliphatic heterocycles. The molecule has 172 valence electrons. The second kappa shape index (κ2) is 8.11. The molecule has 0 radical (unpaired) electrons. The summed E-state index contributed by atoms with van der Waals surface area (Å²) in [4.78, 5) is 22.3. The number of nitrogens with one attached hydrogen (secondary N) is 1. The maximum Gasteiger partial charge on any atom is 0.494 e. The molecule has 7 nitrogen and oxygen atoms in total. The van der Waals surface area contributed by atoms with Gasteiger partial charge < -0.3 is 19.0 Å². The van der Waals surface area contributed by atoms with Gasteiger partial charge in [0, 0.05) is 5.75 Å². The summed E-state index contributed by atoms with van der Waals surface area (Å²) in [5, 5.41) is 0. The zero-order chi connectivity index (χ0) is 23.3. The number of hydrogen-bond donors (Lipinski definition) is 1. The molecule has 1 unspecified atom stereocenters. The molecule has 1 aromatic heterocycles. The summed E-state index contributed by atoms with van der Waals surface area (Å²) in [6.45, 7) is 13.8. The van der Waals surface area contributed by atoms with Gasteiger partial charge in [0.15, 0.2) is 0 Å². The number of nitrogens with zero attached hydrogens (tertiary/aromatic N) is 2. The predicted molar refractivity (Wildman–Crippen MR) is 128 cm³/mol. The fourth-order valence-electron chi connectivity index (χ4n) is 3.62. The summed E-state index contributed by atoms with van der Waals surface area (Å²) in [6, 6.07) is 7.99. The van der Waals surface area contributed by atoms with Crippen molar-refractivity contribution in [2.24, 2.45) is 0 Å². The number of carbonyl (C=O) groups is 1. The molecule has 0 bridgehead atoms. The van der Waals surface area contributed by atoms with Crippen LogP contribution in [-0.2, 0) is 14.0 Å². The Labute approximate surface area is 194 Å². The minimum atomic E-state index is -0.526. The molecular formula is C23H32BN3O4S. The number of aromatic amines is 1. The number of rotatable bonds is 3. The van der Waals surface area contributed by atoms with Crippen LogP contribution in [0.25, 0.3) is 11.3 Å². The van der Waals surface area contributed by atoms with E-state index in [4.69, 9.17) is 14.0 Å². The number of H-pyrrole nitrogens is 1. The normalized spacial score (nSPS) is 22.4. The Hall–Kier alpha value is -1.97. The average molecular weight is 457 g/mol. The highest BCUT2D eigenvalue weighted by atomic mass is 32.2. The van der Waals surface area contributed by atoms with E-state index in [2.05, 4.69) is 37.7 Å². The van der Waals surface area contributed by atoms with E-state index in [1.807, 2.05) is 51.2 Å². The summed E-state index contributed by atoms with van der Waals surface area (Å²) in [5.74, 6) is 2.15. The molecule has 1 amide bonds. The molecule has 32 heavy (non-hydrogen) atoms. The number of thioether (sulfide) groups is 1. The van der Waals surface area contributed by atoms with Gasteiger partial charge in [-0.2, -0.15) is 0 Å². The number of aromatic nitrogens is 2. The highest BCUT2D eigenvalue weighted by Crippen LogP contribution is 2.37. The van der Waals surface area contributed by atoms with Crippen LogP contribution >= 0.6 is 11.8 Å². The van der Waals surface area contributed by atoms with Crippen LogP contribution in [0.4, 0.5) is 4.79 Å². The molecule has 0 aliphatic carbocycles. The van der Waals surface area contributed by atoms with Gasteiger partial charge in [-0.3, -0.25) is 4.90 Å². The monoisotopic (exact) mass is 457 g/mol. The maximum absolute atomic E-state index is 12.6. The van der Waals surface area contributed by atoms with E-state index in [0.29, 0.717) is 5.88 Å². The van der Waals surface area contributed by atoms with Crippen LogP contribution in [0, 0.1) is 0 Å². The predicted octanol–water partition coefficient (Wildman–Crippen LogP) is 4.36. The lowest BCUT2D eigenvalue weighted by atomic mass is 9.79. The lowest BCUT2D eigenvalue weighted by molar-refractivity contribution is 0.00578. The fourth-order valence-corrected chi connectivity index (χ4v) is 4.77. The first-order chi connectivity index (χ1) is 14.9. The Morgan fingerprint density at radius 1 is 1.19 bits per heavy atom. The molecule has 9 heteroatoms. The van der Waals surface area contributed by atoms with Gasteiger partial charge in [-0.1, -0.05) is 24.3 Å². The number of amides is 1. The third kappa shape index (κ3) is 4.56. The van der Waals surface area contributed by atoms with Gasteiger partial charge in [0.2, 0.25) is 0 Å². The number of hydrogen-bond acceptors (Lipinski definition) is 6. The van der Waals surface area contributed by atoms with E-state index >= 15 is 0 Å². The standard InChI is InChI=1S/C23H32BN3O4S/c1-21(2,3)29-20(28)27-14-32-13-18(27)19-25-12-17(26-19)15-8-10-16(11-9-15)24-30-22(4,5)23(6,7)31-24/h8-12,18H,13-14H2,1-7H3,(H,25,26). The van der Waals surface area contributed by atoms with Gasteiger partial charge in [-0.05, 0) is 59.5 Å². The second-order valence-electron chi connectivity index (χ2n) is 10.4. The Kier molecular flexibility index (Phi) is 5.88. The first-order valence-electron chi connectivity index (χ1n) is 10.9. The van der Waals surface area contributed by atoms with E-state index in [1.54, 1.807) is 16.7 Å². The number of benzene rings is 1. The lowest BCUT2D eigenvalue weighted by Gasteiger charge is -2.32. The van der Waals surface area contributed by atoms with Gasteiger partial charge in [-0.15, -0.1) is 11.8 Å². The summed E-state index contributed by atoms with van der Waals surface area (Å²) in [7, 11) is -0.385. The zero-order valence-electron chi connectivity index (χ0n) is 19.9. The van der Waals surface area contributed by atoms with Crippen molar-refractivity contribution in [3.8, 4) is 11.3 Å². The second-order valence-corrected chi connectivity index (χ2v) is 11.4. The Bertz CT molecular complexity index is 968. The topological polar surface area (TPSA) is 76.7 Å². The number of imidazole rings is 1. The average Bonchev–Trinajstić information content (AvgIpc) is 3.38. The highest BCUT2D eigenvalue weighted by molar-refractivity contribution is 7.99. The molecule has 0 saturated carbocycles. The van der Waals surface area contributed by atoms with E-state index in [0.717, 1.165) is 28.3 Å². The SMILES string of the molecule is CC(C)(C)OC(=O)N1CSCC1c1ncc(-c2ccc(B3OC(C)(C)C(C)(C)O3)cc2)[nH]1. The van der Waals surface area contributed by atoms with Crippen molar-refractivity contribution in [2.75, 3.05) is 11.6 Å². The Morgan fingerprint density at radius 2 is 1.81 bits per heavy atom. The molecule has 1 atom stereocenters. The number of ether oxygens (including phenoxy) is 1. The molecule has 2 fully saturated rings. The van der Waals surface area contributed by atoms with E-state index in [9.17, 15) is 4.79 Å². The van der Waals surface area contributed by atoms with Crippen LogP contribution in [0.2, 0.25) is 0 Å². The van der Waals surface area contributed by atoms with Gasteiger partial charge in [-0.25, -0.2) is 9.78 Å². The lowest BCUT2D eigenvalue weighted by Crippen LogP contribution is -2.41. The van der Waals surface area contributed by atoms with Crippen LogP contribution in [-0.4, -0.2) is 56.5 Å². The summed E-state index contributed by atoms with van der Waals surface area (Å²) in [6.07, 6.45) is 1.51. The van der Waals surface area contributed by atoms with Gasteiger partial charge in [0.25, 0.3) is 0 Å². The van der Waals surface area contributed by atoms with Crippen LogP contribution in [0.5, 0.6) is 0 Å². The van der Waals surface area contributed by atoms with Crippen molar-refractivity contribution in [3.05, 3.63) is 36.3 Å². The summed E-state index contributed by atoms with van der Waals surface area (Å²) < 4.78 is 17.8. The van der Waals surface area contributed by atoms with Crippen molar-refractivity contribution in [3.63, 3.8) is 0 Å². The van der Waals surface area contributed by atoms with Crippen molar-refractivity contribution in [1.82, 2.24) is 14.9 Å². The van der Waals surface area contributed by atoms with Gasteiger partial charge >= 0.3 is 13.2 Å². The van der Waals surface area contributed by atoms with Gasteiger partial charge in [0.1, 0.15) is 17.5 Å². The van der Waals surface area contributed by atoms with Crippen LogP contribution in [0.1, 0.15) is 60.3 Å². The molecule has 2 aromatic rings. The Balaban J connectivity index is 1.48. The molecule has 1 aromatic carbocycles.